The number of carbonyl (C=O) groups is 1. The van der Waals surface area contributed by atoms with Gasteiger partial charge in [0.05, 0.1) is 11.1 Å². The van der Waals surface area contributed by atoms with E-state index in [0.717, 1.165) is 41.4 Å². The van der Waals surface area contributed by atoms with Crippen LogP contribution in [0.4, 0.5) is 0 Å². The van der Waals surface area contributed by atoms with Crippen LogP contribution >= 0.6 is 31.9 Å². The molecule has 1 aromatic rings. The van der Waals surface area contributed by atoms with Crippen molar-refractivity contribution in [3.8, 4) is 5.75 Å². The number of alkyl halides is 1. The van der Waals surface area contributed by atoms with Crippen LogP contribution < -0.4 is 5.32 Å². The van der Waals surface area contributed by atoms with Crippen molar-refractivity contribution in [3.63, 3.8) is 0 Å². The zero-order valence-electron chi connectivity index (χ0n) is 11.5. The number of benzene rings is 1. The topological polar surface area (TPSA) is 49.3 Å². The van der Waals surface area contributed by atoms with Crippen molar-refractivity contribution >= 4 is 37.8 Å². The first-order chi connectivity index (χ1) is 9.46. The maximum atomic E-state index is 12.4. The first kappa shape index (κ1) is 15.8. The van der Waals surface area contributed by atoms with E-state index in [1.807, 2.05) is 0 Å². The van der Waals surface area contributed by atoms with Crippen LogP contribution in [0.5, 0.6) is 5.75 Å². The van der Waals surface area contributed by atoms with Crippen LogP contribution in [-0.4, -0.2) is 21.9 Å². The highest BCUT2D eigenvalue weighted by Crippen LogP contribution is 2.34. The van der Waals surface area contributed by atoms with Gasteiger partial charge in [-0.05, 0) is 49.8 Å². The SMILES string of the molecule is CC1CCC(CBr)(NC(=O)c2cc(Br)ccc2O)CC1. The summed E-state index contributed by atoms with van der Waals surface area (Å²) in [6.07, 6.45) is 4.19. The van der Waals surface area contributed by atoms with Crippen LogP contribution in [0.2, 0.25) is 0 Å². The Labute approximate surface area is 136 Å². The molecule has 0 saturated heterocycles. The molecular weight excluding hydrogens is 386 g/mol. The quantitative estimate of drug-likeness (QED) is 0.740. The van der Waals surface area contributed by atoms with Gasteiger partial charge in [-0.25, -0.2) is 0 Å². The highest BCUT2D eigenvalue weighted by Gasteiger charge is 2.35. The molecule has 0 aliphatic heterocycles. The normalized spacial score (nSPS) is 26.2. The summed E-state index contributed by atoms with van der Waals surface area (Å²) >= 11 is 6.86. The third-order valence-corrected chi connectivity index (χ3v) is 5.64. The van der Waals surface area contributed by atoms with Crippen LogP contribution in [0.1, 0.15) is 43.0 Å². The zero-order chi connectivity index (χ0) is 14.8. The number of hydrogen-bond donors (Lipinski definition) is 2. The maximum absolute atomic E-state index is 12.4. The number of halogens is 2. The fourth-order valence-electron chi connectivity index (χ4n) is 2.61. The molecule has 0 radical (unpaired) electrons. The van der Waals surface area contributed by atoms with Crippen molar-refractivity contribution in [2.45, 2.75) is 38.1 Å². The van der Waals surface area contributed by atoms with Crippen molar-refractivity contribution in [3.05, 3.63) is 28.2 Å². The van der Waals surface area contributed by atoms with Gasteiger partial charge >= 0.3 is 0 Å². The Kier molecular flexibility index (Phi) is 5.13. The molecule has 1 saturated carbocycles. The summed E-state index contributed by atoms with van der Waals surface area (Å²) < 4.78 is 0.783. The molecule has 2 rings (SSSR count). The Morgan fingerprint density at radius 2 is 2.10 bits per heavy atom. The Morgan fingerprint density at radius 1 is 1.45 bits per heavy atom. The Bertz CT molecular complexity index is 497. The lowest BCUT2D eigenvalue weighted by Gasteiger charge is -2.39. The van der Waals surface area contributed by atoms with E-state index in [1.165, 1.54) is 6.07 Å². The molecule has 0 heterocycles. The second kappa shape index (κ2) is 6.48. The van der Waals surface area contributed by atoms with E-state index in [4.69, 9.17) is 0 Å². The summed E-state index contributed by atoms with van der Waals surface area (Å²) in [4.78, 5) is 12.4. The molecule has 0 spiro atoms. The summed E-state index contributed by atoms with van der Waals surface area (Å²) in [7, 11) is 0. The first-order valence-corrected chi connectivity index (χ1v) is 8.74. The Balaban J connectivity index is 2.15. The summed E-state index contributed by atoms with van der Waals surface area (Å²) in [6.45, 7) is 2.25. The van der Waals surface area contributed by atoms with Crippen molar-refractivity contribution < 1.29 is 9.90 Å². The number of hydrogen-bond acceptors (Lipinski definition) is 2. The first-order valence-electron chi connectivity index (χ1n) is 6.83. The molecule has 1 fully saturated rings. The minimum atomic E-state index is -0.210. The van der Waals surface area contributed by atoms with Gasteiger partial charge in [0, 0.05) is 9.80 Å². The second-order valence-corrected chi connectivity index (χ2v) is 7.19. The van der Waals surface area contributed by atoms with E-state index in [-0.39, 0.29) is 17.2 Å². The van der Waals surface area contributed by atoms with Crippen LogP contribution in [0, 0.1) is 5.92 Å². The second-order valence-electron chi connectivity index (χ2n) is 5.71. The smallest absolute Gasteiger partial charge is 0.255 e. The van der Waals surface area contributed by atoms with Gasteiger partial charge in [-0.3, -0.25) is 4.79 Å². The van der Waals surface area contributed by atoms with E-state index in [0.29, 0.717) is 5.56 Å². The molecule has 0 aromatic heterocycles. The van der Waals surface area contributed by atoms with Gasteiger partial charge in [0.15, 0.2) is 0 Å². The van der Waals surface area contributed by atoms with Gasteiger partial charge < -0.3 is 10.4 Å². The van der Waals surface area contributed by atoms with Crippen molar-refractivity contribution in [1.29, 1.82) is 0 Å². The van der Waals surface area contributed by atoms with E-state index < -0.39 is 0 Å². The van der Waals surface area contributed by atoms with Gasteiger partial charge in [-0.1, -0.05) is 38.8 Å². The Morgan fingerprint density at radius 3 is 2.70 bits per heavy atom. The van der Waals surface area contributed by atoms with Crippen LogP contribution in [-0.2, 0) is 0 Å². The zero-order valence-corrected chi connectivity index (χ0v) is 14.6. The molecule has 2 N–H and O–H groups in total. The van der Waals surface area contributed by atoms with Crippen molar-refractivity contribution in [2.75, 3.05) is 5.33 Å². The molecule has 1 amide bonds. The molecule has 20 heavy (non-hydrogen) atoms. The lowest BCUT2D eigenvalue weighted by atomic mass is 9.78. The van der Waals surface area contributed by atoms with Gasteiger partial charge in [0.25, 0.3) is 5.91 Å². The minimum Gasteiger partial charge on any atom is -0.507 e. The highest BCUT2D eigenvalue weighted by molar-refractivity contribution is 9.10. The van der Waals surface area contributed by atoms with Gasteiger partial charge in [-0.15, -0.1) is 0 Å². The van der Waals surface area contributed by atoms with Gasteiger partial charge in [0.1, 0.15) is 5.75 Å². The van der Waals surface area contributed by atoms with Crippen molar-refractivity contribution in [1.82, 2.24) is 5.32 Å². The number of carbonyl (C=O) groups excluding carboxylic acids is 1. The largest absolute Gasteiger partial charge is 0.507 e. The minimum absolute atomic E-state index is 0.0135. The highest BCUT2D eigenvalue weighted by atomic mass is 79.9. The molecule has 110 valence electrons. The lowest BCUT2D eigenvalue weighted by Crippen LogP contribution is -2.52. The number of amides is 1. The average molecular weight is 405 g/mol. The standard InChI is InChI=1S/C15H19Br2NO2/c1-10-4-6-15(9-16,7-5-10)18-14(20)12-8-11(17)2-3-13(12)19/h2-3,8,10,19H,4-7,9H2,1H3,(H,18,20). The average Bonchev–Trinajstić information content (AvgIpc) is 2.44. The lowest BCUT2D eigenvalue weighted by molar-refractivity contribution is 0.0871. The van der Waals surface area contributed by atoms with Crippen LogP contribution in [0.3, 0.4) is 0 Å². The third kappa shape index (κ3) is 3.55. The predicted octanol–water partition coefficient (Wildman–Crippen LogP) is 4.23. The van der Waals surface area contributed by atoms with Gasteiger partial charge in [0.2, 0.25) is 0 Å². The number of rotatable bonds is 3. The summed E-state index contributed by atoms with van der Waals surface area (Å²) in [5.41, 5.74) is 0.122. The molecule has 5 heteroatoms. The Hall–Kier alpha value is -0.550. The molecule has 1 aromatic carbocycles. The van der Waals surface area contributed by atoms with E-state index in [2.05, 4.69) is 44.1 Å². The molecule has 0 atom stereocenters. The number of nitrogens with one attached hydrogen (secondary N) is 1. The fourth-order valence-corrected chi connectivity index (χ4v) is 3.67. The molecule has 0 bridgehead atoms. The summed E-state index contributed by atoms with van der Waals surface area (Å²) in [6, 6.07) is 4.90. The van der Waals surface area contributed by atoms with E-state index >= 15 is 0 Å². The summed E-state index contributed by atoms with van der Waals surface area (Å²) in [5, 5.41) is 13.7. The van der Waals surface area contributed by atoms with Crippen LogP contribution in [0.15, 0.2) is 22.7 Å². The summed E-state index contributed by atoms with van der Waals surface area (Å²) in [5.74, 6) is 0.524. The van der Waals surface area contributed by atoms with Crippen molar-refractivity contribution in [2.24, 2.45) is 5.92 Å². The number of aromatic hydroxyl groups is 1. The third-order valence-electron chi connectivity index (χ3n) is 4.07. The molecule has 3 nitrogen and oxygen atoms in total. The molecule has 1 aliphatic carbocycles. The molecule has 0 unspecified atom stereocenters. The molecule has 1 aliphatic rings. The fraction of sp³-hybridized carbons (Fsp3) is 0.533. The van der Waals surface area contributed by atoms with Crippen LogP contribution in [0.25, 0.3) is 0 Å². The predicted molar refractivity (Wildman–Crippen MR) is 87.4 cm³/mol. The maximum Gasteiger partial charge on any atom is 0.255 e. The number of phenols is 1. The van der Waals surface area contributed by atoms with E-state index in [9.17, 15) is 9.90 Å². The number of phenolic OH excluding ortho intramolecular Hbond substituents is 1. The monoisotopic (exact) mass is 403 g/mol. The van der Waals surface area contributed by atoms with Gasteiger partial charge in [-0.2, -0.15) is 0 Å². The van der Waals surface area contributed by atoms with E-state index in [1.54, 1.807) is 12.1 Å². The molecular formula is C15H19Br2NO2.